The number of carbonyl (C=O) groups is 6. The molecule has 21 N–H and O–H groups in total. The summed E-state index contributed by atoms with van der Waals surface area (Å²) in [6.07, 6.45) is -36.4. The molecule has 0 aliphatic carbocycles. The first-order chi connectivity index (χ1) is 46.2. The number of carboxylic acid groups (broad SMARTS) is 1. The Morgan fingerprint density at radius 1 is 0.643 bits per heavy atom. The predicted octanol–water partition coefficient (Wildman–Crippen LogP) is -4.94. The van der Waals surface area contributed by atoms with Gasteiger partial charge in [-0.3, -0.25) is 28.2 Å². The topological polar surface area (TPSA) is 596 Å². The molecule has 98 heavy (non-hydrogen) atoms. The number of unbranched alkanes of at least 4 members (excludes halogenated alkanes) is 9. The first kappa shape index (κ1) is 81.9. The van der Waals surface area contributed by atoms with Gasteiger partial charge in [0.25, 0.3) is 0 Å². The van der Waals surface area contributed by atoms with Crippen molar-refractivity contribution in [3.8, 4) is 0 Å². The molecule has 0 saturated carbocycles. The van der Waals surface area contributed by atoms with Crippen LogP contribution in [0, 0.1) is 0 Å². The first-order valence-electron chi connectivity index (χ1n) is 32.3. The van der Waals surface area contributed by atoms with Gasteiger partial charge in [0.05, 0.1) is 32.5 Å². The standard InChI is InChI=1S/C59H97N6O32P/c1-6-7-8-9-10-11-12-13-14-15-16-29-17-19-30(20-18-29)63-21-22-85-33(52(79)80)25-87-98(83,84)97-57-47(48(96-58(62)81)59(5,82)49(95-57)51(61)78)94-54-35(65-28(4)68)38(71)45(32(90-54)24-86-55-42(75)39(72)36(69)31(23-66)89-55)92-53-34(64-27(3)67)37(70)44(26(2)88-53)91-56-43(76)40(73)41(74)46(93-56)50(60)77/h17-20,26,31-49,53-57,63,66,69-76,82H,6-16,21-25H2,1-5H3,(H2,60,77)(H2,61,78)(H2,62,81)(H,64,67)(H,65,68)(H,79,80)(H,83,84)/t26-,31-,32-,33-,34-,35-,36-,37-,38-,39+,40+,41-,42-,43-,44-,45-,46+,47-,48-,49-,53+,54+,55-,56-,57-,59+/m1/s1. The molecule has 0 bridgehead atoms. The highest BCUT2D eigenvalue weighted by atomic mass is 31.2. The van der Waals surface area contributed by atoms with Crippen molar-refractivity contribution in [1.82, 2.24) is 10.6 Å². The number of anilines is 1. The van der Waals surface area contributed by atoms with Gasteiger partial charge >= 0.3 is 19.9 Å². The maximum Gasteiger partial charge on any atom is 0.474 e. The lowest BCUT2D eigenvalue weighted by molar-refractivity contribution is -0.375. The second-order valence-electron chi connectivity index (χ2n) is 24.8. The maximum absolute atomic E-state index is 14.0. The van der Waals surface area contributed by atoms with Crippen molar-refractivity contribution in [3.05, 3.63) is 29.8 Å². The van der Waals surface area contributed by atoms with E-state index in [0.717, 1.165) is 45.6 Å². The average molecular weight is 1430 g/mol. The molecule has 1 aromatic carbocycles. The maximum atomic E-state index is 14.0. The predicted molar refractivity (Wildman–Crippen MR) is 328 cm³/mol. The lowest BCUT2D eigenvalue weighted by Gasteiger charge is -2.52. The molecular weight excluding hydrogens is 1340 g/mol. The van der Waals surface area contributed by atoms with E-state index in [-0.39, 0.29) is 13.2 Å². The molecule has 1 unspecified atom stereocenters. The summed E-state index contributed by atoms with van der Waals surface area (Å²) in [5.74, 6) is -6.39. The zero-order valence-corrected chi connectivity index (χ0v) is 55.7. The van der Waals surface area contributed by atoms with Gasteiger partial charge < -0.3 is 146 Å². The number of phosphoric ester groups is 1. The van der Waals surface area contributed by atoms with Gasteiger partial charge in [-0.1, -0.05) is 76.8 Å². The van der Waals surface area contributed by atoms with E-state index in [1.807, 2.05) is 24.3 Å². The van der Waals surface area contributed by atoms with Crippen LogP contribution < -0.4 is 33.2 Å². The number of amides is 5. The molecule has 5 aliphatic heterocycles. The molecule has 560 valence electrons. The average Bonchev–Trinajstić information content (AvgIpc) is 0.756. The molecule has 38 nitrogen and oxygen atoms in total. The molecule has 5 aliphatic rings. The van der Waals surface area contributed by atoms with Crippen LogP contribution in [0.4, 0.5) is 10.5 Å². The highest BCUT2D eigenvalue weighted by Crippen LogP contribution is 2.49. The smallest absolute Gasteiger partial charge is 0.474 e. The Balaban J connectivity index is 1.24. The highest BCUT2D eigenvalue weighted by Gasteiger charge is 2.62. The third-order valence-corrected chi connectivity index (χ3v) is 18.0. The van der Waals surface area contributed by atoms with E-state index < -0.39 is 222 Å². The second kappa shape index (κ2) is 37.7. The fourth-order valence-electron chi connectivity index (χ4n) is 11.9. The molecule has 39 heteroatoms. The number of nitrogens with two attached hydrogens (primary N) is 3. The Labute approximate surface area is 563 Å². The molecule has 0 spiro atoms. The van der Waals surface area contributed by atoms with Gasteiger partial charge in [-0.05, 0) is 44.4 Å². The lowest BCUT2D eigenvalue weighted by Crippen LogP contribution is -2.72. The number of aliphatic hydroxyl groups excluding tert-OH is 9. The van der Waals surface area contributed by atoms with Gasteiger partial charge in [-0.25, -0.2) is 14.2 Å². The third-order valence-electron chi connectivity index (χ3n) is 17.1. The van der Waals surface area contributed by atoms with Crippen molar-refractivity contribution in [3.63, 3.8) is 0 Å². The summed E-state index contributed by atoms with van der Waals surface area (Å²) in [5, 5.41) is 128. The van der Waals surface area contributed by atoms with E-state index in [2.05, 4.69) is 22.9 Å². The van der Waals surface area contributed by atoms with Crippen LogP contribution in [0.15, 0.2) is 24.3 Å². The molecule has 27 atom stereocenters. The van der Waals surface area contributed by atoms with Gasteiger partial charge in [0.1, 0.15) is 90.9 Å². The minimum Gasteiger partial charge on any atom is -0.479 e. The van der Waals surface area contributed by atoms with E-state index in [9.17, 15) is 94.4 Å². The normalized spacial score (nSPS) is 36.8. The molecule has 0 aromatic heterocycles. The summed E-state index contributed by atoms with van der Waals surface area (Å²) < 4.78 is 88.1. The minimum atomic E-state index is -5.81. The van der Waals surface area contributed by atoms with Crippen LogP contribution >= 0.6 is 7.82 Å². The van der Waals surface area contributed by atoms with Crippen molar-refractivity contribution < 1.29 is 156 Å². The monoisotopic (exact) mass is 1430 g/mol. The summed E-state index contributed by atoms with van der Waals surface area (Å²) in [4.78, 5) is 87.5. The minimum absolute atomic E-state index is 0.0420. The number of aliphatic carboxylic acids is 1. The number of phosphoric acid groups is 1. The number of primary amides is 3. The zero-order chi connectivity index (χ0) is 72.5. The summed E-state index contributed by atoms with van der Waals surface area (Å²) >= 11 is 0. The summed E-state index contributed by atoms with van der Waals surface area (Å²) in [7, 11) is -5.81. The van der Waals surface area contributed by atoms with E-state index in [1.54, 1.807) is 0 Å². The highest BCUT2D eigenvalue weighted by molar-refractivity contribution is 7.47. The van der Waals surface area contributed by atoms with Crippen LogP contribution in [0.2, 0.25) is 0 Å². The number of nitrogens with one attached hydrogen (secondary N) is 3. The number of aliphatic hydroxyl groups is 10. The lowest BCUT2D eigenvalue weighted by atomic mass is 9.85. The second-order valence-corrected chi connectivity index (χ2v) is 26.2. The van der Waals surface area contributed by atoms with Gasteiger partial charge in [0, 0.05) is 26.1 Å². The van der Waals surface area contributed by atoms with E-state index >= 15 is 0 Å². The number of aryl methyl sites for hydroxylation is 1. The number of carbonyl (C=O) groups excluding carboxylic acids is 5. The van der Waals surface area contributed by atoms with Crippen LogP contribution in [0.3, 0.4) is 0 Å². The van der Waals surface area contributed by atoms with Crippen molar-refractivity contribution in [1.29, 1.82) is 0 Å². The van der Waals surface area contributed by atoms with Crippen molar-refractivity contribution >= 4 is 49.2 Å². The van der Waals surface area contributed by atoms with Crippen molar-refractivity contribution in [2.45, 2.75) is 264 Å². The van der Waals surface area contributed by atoms with Crippen molar-refractivity contribution in [2.24, 2.45) is 17.2 Å². The molecule has 5 fully saturated rings. The van der Waals surface area contributed by atoms with E-state index in [0.29, 0.717) is 5.69 Å². The summed E-state index contributed by atoms with van der Waals surface area (Å²) in [6.45, 7) is 2.66. The Kier molecular flexibility index (Phi) is 31.6. The Bertz CT molecular complexity index is 2770. The SMILES string of the molecule is CCCCCCCCCCCCc1ccc(NCCO[C@H](COP(=O)(O)O[C@H]2O[C@H](C(N)=O)[C@@](C)(O)[C@H](OC(N)=O)[C@H]2O[C@@H]2O[C@H](CO[C@@H]3O[C@H](CO)[C@@H](O)[C@H](O)[C@H]3O)[C@@H](O[C@@H]3O[C@H](C)[C@@H](O[C@@H]4O[C@H](C(N)=O)[C@H](O)[C@H](O)[C@H]4O)[C@H](O)[C@H]3NC(C)=O)[C@H](O)[C@H]2NC(C)=O)C(=O)O)cc1. The number of rotatable bonds is 37. The molecule has 0 radical (unpaired) electrons. The molecule has 1 aromatic rings. The molecule has 5 heterocycles. The van der Waals surface area contributed by atoms with Crippen LogP contribution in [0.25, 0.3) is 0 Å². The van der Waals surface area contributed by atoms with Crippen LogP contribution in [0.1, 0.15) is 104 Å². The molecule has 5 saturated heterocycles. The van der Waals surface area contributed by atoms with E-state index in [1.165, 1.54) is 58.3 Å². The quantitative estimate of drug-likeness (QED) is 0.0219. The van der Waals surface area contributed by atoms with E-state index in [4.69, 9.17) is 78.4 Å². The molecule has 5 amide bonds. The number of ether oxygens (including phenoxy) is 11. The van der Waals surface area contributed by atoms with Crippen LogP contribution in [-0.2, 0) is 96.1 Å². The zero-order valence-electron chi connectivity index (χ0n) is 54.8. The van der Waals surface area contributed by atoms with Gasteiger partial charge in [0.2, 0.25) is 23.6 Å². The molecule has 6 rings (SSSR count). The number of carboxylic acids is 1. The molecular formula is C59H97N6O32P. The summed E-state index contributed by atoms with van der Waals surface area (Å²) in [5.41, 5.74) is 15.3. The fraction of sp³-hybridized carbons (Fsp3) is 0.797. The number of hydrogen-bond donors (Lipinski definition) is 18. The first-order valence-corrected chi connectivity index (χ1v) is 33.8. The number of benzene rings is 1. The van der Waals surface area contributed by atoms with Crippen molar-refractivity contribution in [2.75, 3.05) is 38.3 Å². The summed E-state index contributed by atoms with van der Waals surface area (Å²) in [6, 6.07) is 3.73. The van der Waals surface area contributed by atoms with Gasteiger partial charge in [-0.2, -0.15) is 0 Å². The van der Waals surface area contributed by atoms with Gasteiger partial charge in [0.15, 0.2) is 62.0 Å². The third kappa shape index (κ3) is 22.2. The Morgan fingerprint density at radius 2 is 1.18 bits per heavy atom. The van der Waals surface area contributed by atoms with Gasteiger partial charge in [-0.15, -0.1) is 0 Å². The van der Waals surface area contributed by atoms with Crippen LogP contribution in [-0.4, -0.2) is 289 Å². The number of hydrogen-bond acceptors (Lipinski definition) is 31. The fourth-order valence-corrected chi connectivity index (χ4v) is 12.7. The largest absolute Gasteiger partial charge is 0.479 e. The van der Waals surface area contributed by atoms with Crippen LogP contribution in [0.5, 0.6) is 0 Å². The Hall–Kier alpha value is -5.05. The Morgan fingerprint density at radius 3 is 1.74 bits per heavy atom.